The molecule has 1 heterocycles. The molecule has 1 aromatic carbocycles. The van der Waals surface area contributed by atoms with Crippen LogP contribution in [0, 0.1) is 0 Å². The van der Waals surface area contributed by atoms with Crippen LogP contribution in [0.5, 0.6) is 11.5 Å². The Balaban J connectivity index is 1.84. The number of ether oxygens (including phenoxy) is 2. The van der Waals surface area contributed by atoms with Gasteiger partial charge in [0.1, 0.15) is 23.9 Å². The Morgan fingerprint density at radius 3 is 2.64 bits per heavy atom. The Morgan fingerprint density at radius 2 is 1.91 bits per heavy atom. The molecule has 0 atom stereocenters. The van der Waals surface area contributed by atoms with Crippen LogP contribution in [0.25, 0.3) is 0 Å². The second kappa shape index (κ2) is 7.02. The molecule has 1 N–H and O–H groups in total. The number of halogens is 3. The summed E-state index contributed by atoms with van der Waals surface area (Å²) in [6.45, 7) is 0.608. The molecule has 22 heavy (non-hydrogen) atoms. The van der Waals surface area contributed by atoms with Gasteiger partial charge in [-0.3, -0.25) is 0 Å². The van der Waals surface area contributed by atoms with E-state index in [-0.39, 0.29) is 12.4 Å². The van der Waals surface area contributed by atoms with Crippen LogP contribution in [0.3, 0.4) is 0 Å². The predicted octanol–water partition coefficient (Wildman–Crippen LogP) is 3.60. The van der Waals surface area contributed by atoms with Gasteiger partial charge in [-0.1, -0.05) is 6.07 Å². The minimum Gasteiger partial charge on any atom is -0.497 e. The lowest BCUT2D eigenvalue weighted by Gasteiger charge is -2.11. The molecule has 7 heteroatoms. The van der Waals surface area contributed by atoms with Crippen molar-refractivity contribution in [1.29, 1.82) is 0 Å². The quantitative estimate of drug-likeness (QED) is 0.828. The van der Waals surface area contributed by atoms with Crippen molar-refractivity contribution in [3.63, 3.8) is 0 Å². The molecule has 0 unspecified atom stereocenters. The van der Waals surface area contributed by atoms with Gasteiger partial charge in [0.25, 0.3) is 0 Å². The van der Waals surface area contributed by atoms with Crippen LogP contribution in [0.15, 0.2) is 42.6 Å². The lowest BCUT2D eigenvalue weighted by molar-refractivity contribution is -0.137. The van der Waals surface area contributed by atoms with Crippen molar-refractivity contribution in [2.75, 3.05) is 25.6 Å². The largest absolute Gasteiger partial charge is 0.497 e. The normalized spacial score (nSPS) is 11.1. The van der Waals surface area contributed by atoms with E-state index in [9.17, 15) is 13.2 Å². The minimum absolute atomic E-state index is 0.157. The maximum Gasteiger partial charge on any atom is 0.416 e. The number of anilines is 1. The molecule has 0 saturated heterocycles. The van der Waals surface area contributed by atoms with E-state index < -0.39 is 11.7 Å². The number of hydrogen-bond acceptors (Lipinski definition) is 4. The fraction of sp³-hybridized carbons (Fsp3) is 0.267. The molecule has 2 aromatic rings. The first kappa shape index (κ1) is 15.9. The SMILES string of the molecule is COc1cccc(OCCNc2cc(C(F)(F)F)ccn2)c1. The first-order valence-electron chi connectivity index (χ1n) is 6.53. The number of methoxy groups -OCH3 is 1. The molecule has 2 rings (SSSR count). The average Bonchev–Trinajstić information content (AvgIpc) is 2.51. The lowest BCUT2D eigenvalue weighted by Crippen LogP contribution is -2.13. The van der Waals surface area contributed by atoms with E-state index in [0.29, 0.717) is 18.0 Å². The summed E-state index contributed by atoms with van der Waals surface area (Å²) in [6, 6.07) is 8.96. The number of rotatable bonds is 6. The van der Waals surface area contributed by atoms with Crippen LogP contribution >= 0.6 is 0 Å². The van der Waals surface area contributed by atoms with Crippen LogP contribution in [0.2, 0.25) is 0 Å². The predicted molar refractivity (Wildman–Crippen MR) is 76.2 cm³/mol. The standard InChI is InChI=1S/C15H15F3N2O2/c1-21-12-3-2-4-13(10-12)22-8-7-20-14-9-11(5-6-19-14)15(16,17)18/h2-6,9-10H,7-8H2,1H3,(H,19,20). The molecule has 0 bridgehead atoms. The molecule has 1 aromatic heterocycles. The fourth-order valence-electron chi connectivity index (χ4n) is 1.74. The number of nitrogens with one attached hydrogen (secondary N) is 1. The van der Waals surface area contributed by atoms with Gasteiger partial charge in [-0.15, -0.1) is 0 Å². The van der Waals surface area contributed by atoms with E-state index in [1.165, 1.54) is 0 Å². The van der Waals surface area contributed by atoms with Gasteiger partial charge in [0.05, 0.1) is 19.2 Å². The molecule has 0 fully saturated rings. The maximum absolute atomic E-state index is 12.6. The molecule has 0 spiro atoms. The van der Waals surface area contributed by atoms with E-state index in [0.717, 1.165) is 18.3 Å². The van der Waals surface area contributed by atoms with Crippen molar-refractivity contribution in [1.82, 2.24) is 4.98 Å². The van der Waals surface area contributed by atoms with E-state index in [2.05, 4.69) is 10.3 Å². The number of nitrogens with zero attached hydrogens (tertiary/aromatic N) is 1. The highest BCUT2D eigenvalue weighted by molar-refractivity contribution is 5.38. The van der Waals surface area contributed by atoms with Crippen molar-refractivity contribution >= 4 is 5.82 Å². The summed E-state index contributed by atoms with van der Waals surface area (Å²) in [7, 11) is 1.56. The van der Waals surface area contributed by atoms with Gasteiger partial charge in [0.2, 0.25) is 0 Å². The second-order valence-corrected chi connectivity index (χ2v) is 4.38. The number of aromatic nitrogens is 1. The smallest absolute Gasteiger partial charge is 0.416 e. The summed E-state index contributed by atoms with van der Waals surface area (Å²) in [5.41, 5.74) is -0.737. The summed E-state index contributed by atoms with van der Waals surface area (Å²) in [4.78, 5) is 3.84. The Kier molecular flexibility index (Phi) is 5.08. The van der Waals surface area contributed by atoms with Gasteiger partial charge >= 0.3 is 6.18 Å². The lowest BCUT2D eigenvalue weighted by atomic mass is 10.2. The van der Waals surface area contributed by atoms with Crippen molar-refractivity contribution in [2.24, 2.45) is 0 Å². The molecule has 0 aliphatic carbocycles. The van der Waals surface area contributed by atoms with Crippen LogP contribution in [-0.2, 0) is 6.18 Å². The molecule has 118 valence electrons. The first-order chi connectivity index (χ1) is 10.5. The molecular formula is C15H15F3N2O2. The van der Waals surface area contributed by atoms with Crippen LogP contribution in [0.4, 0.5) is 19.0 Å². The van der Waals surface area contributed by atoms with Crippen molar-refractivity contribution in [2.45, 2.75) is 6.18 Å². The first-order valence-corrected chi connectivity index (χ1v) is 6.53. The number of hydrogen-bond donors (Lipinski definition) is 1. The molecular weight excluding hydrogens is 297 g/mol. The van der Waals surface area contributed by atoms with Crippen LogP contribution in [0.1, 0.15) is 5.56 Å². The van der Waals surface area contributed by atoms with Gasteiger partial charge in [0.15, 0.2) is 0 Å². The maximum atomic E-state index is 12.6. The highest BCUT2D eigenvalue weighted by Crippen LogP contribution is 2.29. The monoisotopic (exact) mass is 312 g/mol. The van der Waals surface area contributed by atoms with E-state index >= 15 is 0 Å². The third-order valence-electron chi connectivity index (χ3n) is 2.81. The zero-order valence-corrected chi connectivity index (χ0v) is 11.9. The molecule has 0 aliphatic rings. The average molecular weight is 312 g/mol. The Hall–Kier alpha value is -2.44. The van der Waals surface area contributed by atoms with Crippen LogP contribution < -0.4 is 14.8 Å². The Labute approximate surface area is 125 Å². The minimum atomic E-state index is -4.38. The van der Waals surface area contributed by atoms with Crippen molar-refractivity contribution in [3.05, 3.63) is 48.2 Å². The topological polar surface area (TPSA) is 43.4 Å². The summed E-state index contributed by atoms with van der Waals surface area (Å²) in [5.74, 6) is 1.45. The third kappa shape index (κ3) is 4.54. The van der Waals surface area contributed by atoms with Gasteiger partial charge in [-0.25, -0.2) is 4.98 Å². The molecule has 0 saturated carbocycles. The van der Waals surface area contributed by atoms with E-state index in [1.54, 1.807) is 31.4 Å². The molecule has 0 amide bonds. The van der Waals surface area contributed by atoms with Gasteiger partial charge in [0, 0.05) is 12.3 Å². The van der Waals surface area contributed by atoms with Crippen molar-refractivity contribution in [3.8, 4) is 11.5 Å². The number of benzene rings is 1. The second-order valence-electron chi connectivity index (χ2n) is 4.38. The highest BCUT2D eigenvalue weighted by Gasteiger charge is 2.30. The molecule has 0 radical (unpaired) electrons. The highest BCUT2D eigenvalue weighted by atomic mass is 19.4. The Bertz CT molecular complexity index is 618. The summed E-state index contributed by atoms with van der Waals surface area (Å²) >= 11 is 0. The van der Waals surface area contributed by atoms with Gasteiger partial charge in [-0.2, -0.15) is 13.2 Å². The molecule has 4 nitrogen and oxygen atoms in total. The van der Waals surface area contributed by atoms with E-state index in [1.807, 2.05) is 0 Å². The van der Waals surface area contributed by atoms with Crippen LogP contribution in [-0.4, -0.2) is 25.2 Å². The van der Waals surface area contributed by atoms with Crippen molar-refractivity contribution < 1.29 is 22.6 Å². The molecule has 0 aliphatic heterocycles. The number of pyridine rings is 1. The summed E-state index contributed by atoms with van der Waals surface area (Å²) in [6.07, 6.45) is -3.26. The fourth-order valence-corrected chi connectivity index (χ4v) is 1.74. The zero-order valence-electron chi connectivity index (χ0n) is 11.9. The Morgan fingerprint density at radius 1 is 1.14 bits per heavy atom. The summed E-state index contributed by atoms with van der Waals surface area (Å²) < 4.78 is 48.2. The third-order valence-corrected chi connectivity index (χ3v) is 2.81. The van der Waals surface area contributed by atoms with Gasteiger partial charge < -0.3 is 14.8 Å². The van der Waals surface area contributed by atoms with E-state index in [4.69, 9.17) is 9.47 Å². The van der Waals surface area contributed by atoms with Gasteiger partial charge in [-0.05, 0) is 24.3 Å². The zero-order chi connectivity index (χ0) is 16.0. The number of alkyl halides is 3. The summed E-state index contributed by atoms with van der Waals surface area (Å²) in [5, 5.41) is 2.79.